The summed E-state index contributed by atoms with van der Waals surface area (Å²) in [6, 6.07) is 0. The predicted molar refractivity (Wildman–Crippen MR) is 36.5 cm³/mol. The molecule has 1 rings (SSSR count). The normalized spacial score (nSPS) is 17.1. The lowest BCUT2D eigenvalue weighted by molar-refractivity contribution is -0.113. The van der Waals surface area contributed by atoms with Crippen molar-refractivity contribution < 1.29 is 4.79 Å². The highest BCUT2D eigenvalue weighted by atomic mass is 16.1. The number of carbonyl (C=O) groups excluding carboxylic acids is 1. The first kappa shape index (κ1) is 6.20. The summed E-state index contributed by atoms with van der Waals surface area (Å²) in [5.74, 6) is 0.144. The van der Waals surface area contributed by atoms with Gasteiger partial charge >= 0.3 is 0 Å². The van der Waals surface area contributed by atoms with E-state index in [-0.39, 0.29) is 5.78 Å². The van der Waals surface area contributed by atoms with Gasteiger partial charge in [0.15, 0.2) is 5.78 Å². The molecule has 0 atom stereocenters. The molecule has 1 aliphatic rings. The summed E-state index contributed by atoms with van der Waals surface area (Å²) in [5, 5.41) is 0. The van der Waals surface area contributed by atoms with Gasteiger partial charge in [-0.3, -0.25) is 9.79 Å². The fraction of sp³-hybridized carbons (Fsp3) is 0.429. The van der Waals surface area contributed by atoms with Crippen LogP contribution < -0.4 is 0 Å². The van der Waals surface area contributed by atoms with Crippen molar-refractivity contribution in [3.8, 4) is 0 Å². The van der Waals surface area contributed by atoms with E-state index >= 15 is 0 Å². The molecule has 2 nitrogen and oxygen atoms in total. The second-order valence-corrected chi connectivity index (χ2v) is 2.14. The molecule has 0 aromatic rings. The van der Waals surface area contributed by atoms with Crippen LogP contribution in [0.2, 0.25) is 0 Å². The Morgan fingerprint density at radius 1 is 1.78 bits per heavy atom. The average molecular weight is 123 g/mol. The largest absolute Gasteiger partial charge is 0.295 e. The van der Waals surface area contributed by atoms with E-state index in [9.17, 15) is 4.79 Å². The van der Waals surface area contributed by atoms with Gasteiger partial charge in [-0.1, -0.05) is 0 Å². The third-order valence-corrected chi connectivity index (χ3v) is 1.44. The van der Waals surface area contributed by atoms with E-state index in [0.29, 0.717) is 0 Å². The van der Waals surface area contributed by atoms with E-state index in [0.717, 1.165) is 17.7 Å². The highest BCUT2D eigenvalue weighted by Crippen LogP contribution is 2.14. The number of carbonyl (C=O) groups is 1. The standard InChI is InChI=1S/C7H9NO/c1-5-7(6(2)9)3-4-8-5/h4H,3H2,1-2H3. The zero-order valence-corrected chi connectivity index (χ0v) is 5.64. The Bertz CT molecular complexity index is 201. The Morgan fingerprint density at radius 3 is 2.67 bits per heavy atom. The first-order valence-electron chi connectivity index (χ1n) is 2.95. The van der Waals surface area contributed by atoms with Gasteiger partial charge in [0.2, 0.25) is 0 Å². The molecule has 2 heteroatoms. The van der Waals surface area contributed by atoms with Crippen LogP contribution in [-0.2, 0) is 4.79 Å². The molecule has 48 valence electrons. The molecule has 0 radical (unpaired) electrons. The van der Waals surface area contributed by atoms with Crippen molar-refractivity contribution >= 4 is 12.0 Å². The fourth-order valence-electron chi connectivity index (χ4n) is 0.898. The van der Waals surface area contributed by atoms with Gasteiger partial charge in [-0.25, -0.2) is 0 Å². The monoisotopic (exact) mass is 123 g/mol. The topological polar surface area (TPSA) is 29.4 Å². The molecule has 1 heterocycles. The maximum Gasteiger partial charge on any atom is 0.157 e. The molecule has 0 fully saturated rings. The van der Waals surface area contributed by atoms with E-state index < -0.39 is 0 Å². The summed E-state index contributed by atoms with van der Waals surface area (Å²) in [7, 11) is 0. The average Bonchev–Trinajstić information content (AvgIpc) is 2.13. The zero-order chi connectivity index (χ0) is 6.85. The SMILES string of the molecule is CC(=O)C1=C(C)N=CC1. The highest BCUT2D eigenvalue weighted by molar-refractivity contribution is 5.98. The van der Waals surface area contributed by atoms with Crippen LogP contribution in [0.25, 0.3) is 0 Å². The van der Waals surface area contributed by atoms with Crippen molar-refractivity contribution in [2.75, 3.05) is 0 Å². The van der Waals surface area contributed by atoms with Crippen LogP contribution in [0.15, 0.2) is 16.3 Å². The maximum atomic E-state index is 10.7. The van der Waals surface area contributed by atoms with E-state index in [1.54, 1.807) is 13.1 Å². The number of allylic oxidation sites excluding steroid dienone is 2. The number of hydrogen-bond acceptors (Lipinski definition) is 2. The van der Waals surface area contributed by atoms with Crippen molar-refractivity contribution in [3.05, 3.63) is 11.3 Å². The summed E-state index contributed by atoms with van der Waals surface area (Å²) in [4.78, 5) is 14.7. The van der Waals surface area contributed by atoms with E-state index in [2.05, 4.69) is 4.99 Å². The van der Waals surface area contributed by atoms with E-state index in [4.69, 9.17) is 0 Å². The molecule has 0 saturated heterocycles. The Hall–Kier alpha value is -0.920. The number of aliphatic imine (C=N–C) groups is 1. The molecule has 0 aromatic heterocycles. The maximum absolute atomic E-state index is 10.7. The lowest BCUT2D eigenvalue weighted by atomic mass is 10.1. The molecule has 0 spiro atoms. The molecule has 0 bridgehead atoms. The van der Waals surface area contributed by atoms with Gasteiger partial charge in [-0.05, 0) is 13.8 Å². The number of Topliss-reactive ketones (excluding diaryl/α,β-unsaturated/α-hetero) is 1. The van der Waals surface area contributed by atoms with Crippen molar-refractivity contribution in [2.24, 2.45) is 4.99 Å². The lowest BCUT2D eigenvalue weighted by Crippen LogP contribution is -1.94. The minimum absolute atomic E-state index is 0.144. The Labute approximate surface area is 54.3 Å². The van der Waals surface area contributed by atoms with Gasteiger partial charge in [-0.15, -0.1) is 0 Å². The van der Waals surface area contributed by atoms with Crippen molar-refractivity contribution in [1.82, 2.24) is 0 Å². The first-order chi connectivity index (χ1) is 4.22. The van der Waals surface area contributed by atoms with Gasteiger partial charge in [0, 0.05) is 23.9 Å². The third-order valence-electron chi connectivity index (χ3n) is 1.44. The van der Waals surface area contributed by atoms with Crippen molar-refractivity contribution in [3.63, 3.8) is 0 Å². The smallest absolute Gasteiger partial charge is 0.157 e. The number of ketones is 1. The molecule has 0 saturated carbocycles. The third kappa shape index (κ3) is 1.07. The summed E-state index contributed by atoms with van der Waals surface area (Å²) >= 11 is 0. The molecule has 0 unspecified atom stereocenters. The molecule has 0 amide bonds. The van der Waals surface area contributed by atoms with Crippen LogP contribution in [0.5, 0.6) is 0 Å². The number of hydrogen-bond donors (Lipinski definition) is 0. The van der Waals surface area contributed by atoms with Crippen LogP contribution in [0.1, 0.15) is 20.3 Å². The van der Waals surface area contributed by atoms with Crippen LogP contribution in [0.4, 0.5) is 0 Å². The molecule has 0 aromatic carbocycles. The van der Waals surface area contributed by atoms with Crippen molar-refractivity contribution in [2.45, 2.75) is 20.3 Å². The first-order valence-corrected chi connectivity index (χ1v) is 2.95. The fourth-order valence-corrected chi connectivity index (χ4v) is 0.898. The molecule has 0 N–H and O–H groups in total. The minimum atomic E-state index is 0.144. The quantitative estimate of drug-likeness (QED) is 0.517. The summed E-state index contributed by atoms with van der Waals surface area (Å²) in [6.07, 6.45) is 2.49. The minimum Gasteiger partial charge on any atom is -0.295 e. The second-order valence-electron chi connectivity index (χ2n) is 2.14. The molecular weight excluding hydrogens is 114 g/mol. The molecule has 9 heavy (non-hydrogen) atoms. The van der Waals surface area contributed by atoms with Gasteiger partial charge in [0.25, 0.3) is 0 Å². The highest BCUT2D eigenvalue weighted by Gasteiger charge is 2.09. The zero-order valence-electron chi connectivity index (χ0n) is 5.64. The Morgan fingerprint density at radius 2 is 2.44 bits per heavy atom. The van der Waals surface area contributed by atoms with Gasteiger partial charge in [0.1, 0.15) is 0 Å². The van der Waals surface area contributed by atoms with Crippen LogP contribution >= 0.6 is 0 Å². The van der Waals surface area contributed by atoms with E-state index in [1.807, 2.05) is 6.92 Å². The Balaban J connectivity index is 2.85. The van der Waals surface area contributed by atoms with Gasteiger partial charge < -0.3 is 0 Å². The molecular formula is C7H9NO. The van der Waals surface area contributed by atoms with Crippen LogP contribution in [-0.4, -0.2) is 12.0 Å². The summed E-state index contributed by atoms with van der Waals surface area (Å²) in [5.41, 5.74) is 1.73. The summed E-state index contributed by atoms with van der Waals surface area (Å²) in [6.45, 7) is 3.44. The van der Waals surface area contributed by atoms with Gasteiger partial charge in [0.05, 0.1) is 0 Å². The lowest BCUT2D eigenvalue weighted by Gasteiger charge is -1.92. The van der Waals surface area contributed by atoms with Crippen molar-refractivity contribution in [1.29, 1.82) is 0 Å². The predicted octanol–water partition coefficient (Wildman–Crippen LogP) is 1.32. The Kier molecular flexibility index (Phi) is 1.47. The van der Waals surface area contributed by atoms with Crippen LogP contribution in [0.3, 0.4) is 0 Å². The molecule has 1 aliphatic heterocycles. The summed E-state index contributed by atoms with van der Waals surface area (Å²) < 4.78 is 0. The van der Waals surface area contributed by atoms with Gasteiger partial charge in [-0.2, -0.15) is 0 Å². The number of nitrogens with zero attached hydrogens (tertiary/aromatic N) is 1. The van der Waals surface area contributed by atoms with E-state index in [1.165, 1.54) is 0 Å². The number of rotatable bonds is 1. The molecule has 0 aliphatic carbocycles. The second kappa shape index (κ2) is 2.13. The van der Waals surface area contributed by atoms with Crippen LogP contribution in [0, 0.1) is 0 Å².